The van der Waals surface area contributed by atoms with Crippen molar-refractivity contribution in [3.05, 3.63) is 23.9 Å². The third-order valence-corrected chi connectivity index (χ3v) is 3.73. The Hall–Kier alpha value is -1.62. The molecule has 2 heterocycles. The van der Waals surface area contributed by atoms with Gasteiger partial charge < -0.3 is 14.9 Å². The van der Waals surface area contributed by atoms with Gasteiger partial charge in [0.15, 0.2) is 0 Å². The Labute approximate surface area is 113 Å². The summed E-state index contributed by atoms with van der Waals surface area (Å²) in [5.74, 6) is 0.768. The molecule has 2 rings (SSSR count). The van der Waals surface area contributed by atoms with Crippen molar-refractivity contribution in [3.8, 4) is 0 Å². The number of pyridine rings is 1. The van der Waals surface area contributed by atoms with Gasteiger partial charge in [0.1, 0.15) is 11.4 Å². The summed E-state index contributed by atoms with van der Waals surface area (Å²) in [6.07, 6.45) is 1.09. The quantitative estimate of drug-likeness (QED) is 0.871. The summed E-state index contributed by atoms with van der Waals surface area (Å²) in [7, 11) is 1.81. The highest BCUT2D eigenvalue weighted by Gasteiger charge is 2.41. The highest BCUT2D eigenvalue weighted by atomic mass is 16.3. The fraction of sp³-hybridized carbons (Fsp3) is 0.571. The molecular weight excluding hydrogens is 242 g/mol. The van der Waals surface area contributed by atoms with E-state index in [1.165, 1.54) is 0 Å². The minimum absolute atomic E-state index is 0.0703. The molecule has 0 aromatic carbocycles. The van der Waals surface area contributed by atoms with Gasteiger partial charge in [-0.25, -0.2) is 4.98 Å². The van der Waals surface area contributed by atoms with Crippen LogP contribution in [0.1, 0.15) is 32.4 Å². The van der Waals surface area contributed by atoms with E-state index in [0.29, 0.717) is 18.9 Å². The van der Waals surface area contributed by atoms with E-state index < -0.39 is 11.6 Å². The monoisotopic (exact) mass is 263 g/mol. The third kappa shape index (κ3) is 2.30. The minimum atomic E-state index is -0.648. The number of carbonyl (C=O) groups excluding carboxylic acids is 1. The van der Waals surface area contributed by atoms with Crippen molar-refractivity contribution >= 4 is 11.7 Å². The number of hydrogen-bond acceptors (Lipinski definition) is 4. The summed E-state index contributed by atoms with van der Waals surface area (Å²) in [6.45, 7) is 6.88. The van der Waals surface area contributed by atoms with E-state index in [1.54, 1.807) is 24.1 Å². The first-order valence-electron chi connectivity index (χ1n) is 6.52. The Bertz CT molecular complexity index is 485. The molecule has 0 spiro atoms. The highest BCUT2D eigenvalue weighted by molar-refractivity contribution is 5.90. The smallest absolute Gasteiger partial charge is 0.247 e. The number of aliphatic hydroxyl groups excluding tert-OH is 1. The van der Waals surface area contributed by atoms with Gasteiger partial charge in [0.2, 0.25) is 5.91 Å². The number of carbonyl (C=O) groups is 1. The molecule has 1 aliphatic rings. The van der Waals surface area contributed by atoms with Crippen LogP contribution in [0.25, 0.3) is 0 Å². The van der Waals surface area contributed by atoms with Gasteiger partial charge in [-0.2, -0.15) is 0 Å². The molecule has 1 aromatic heterocycles. The van der Waals surface area contributed by atoms with Gasteiger partial charge in [-0.3, -0.25) is 4.79 Å². The van der Waals surface area contributed by atoms with Crippen molar-refractivity contribution in [2.45, 2.75) is 32.4 Å². The zero-order chi connectivity index (χ0) is 14.2. The van der Waals surface area contributed by atoms with E-state index in [9.17, 15) is 9.90 Å². The van der Waals surface area contributed by atoms with Crippen LogP contribution in [0.5, 0.6) is 0 Å². The summed E-state index contributed by atoms with van der Waals surface area (Å²) >= 11 is 0. The number of nitrogens with zero attached hydrogens (tertiary/aromatic N) is 3. The Balaban J connectivity index is 2.44. The molecule has 0 saturated carbocycles. The van der Waals surface area contributed by atoms with Gasteiger partial charge in [0.25, 0.3) is 0 Å². The van der Waals surface area contributed by atoms with E-state index in [1.807, 2.05) is 31.9 Å². The molecular formula is C14H21N3O2. The molecule has 104 valence electrons. The average Bonchev–Trinajstić information content (AvgIpc) is 2.36. The first kappa shape index (κ1) is 13.8. The molecule has 1 atom stereocenters. The van der Waals surface area contributed by atoms with Gasteiger partial charge in [-0.05, 0) is 26.8 Å². The number of hydrogen-bond donors (Lipinski definition) is 1. The van der Waals surface area contributed by atoms with E-state index in [4.69, 9.17) is 0 Å². The van der Waals surface area contributed by atoms with Crippen LogP contribution in [0.4, 0.5) is 5.82 Å². The van der Waals surface area contributed by atoms with Crippen LogP contribution in [-0.4, -0.2) is 46.6 Å². The first-order chi connectivity index (χ1) is 8.85. The maximum absolute atomic E-state index is 12.3. The maximum atomic E-state index is 12.3. The van der Waals surface area contributed by atoms with Crippen LogP contribution in [0, 0.1) is 0 Å². The summed E-state index contributed by atoms with van der Waals surface area (Å²) in [5.41, 5.74) is 0.110. The second-order valence-corrected chi connectivity index (χ2v) is 5.53. The molecule has 1 N–H and O–H groups in total. The van der Waals surface area contributed by atoms with Gasteiger partial charge in [0.05, 0.1) is 6.10 Å². The Kier molecular flexibility index (Phi) is 3.49. The molecule has 1 saturated heterocycles. The first-order valence-corrected chi connectivity index (χ1v) is 6.52. The summed E-state index contributed by atoms with van der Waals surface area (Å²) in [6, 6.07) is 3.66. The molecule has 0 bridgehead atoms. The summed E-state index contributed by atoms with van der Waals surface area (Å²) in [5, 5.41) is 9.86. The lowest BCUT2D eigenvalue weighted by molar-refractivity contribution is -0.136. The standard InChI is InChI=1S/C14H21N3O2/c1-10(18)11-6-5-7-15-12(11)17-9-8-16(4)13(19)14(17,2)3/h5-7,10,18H,8-9H2,1-4H3. The third-order valence-electron chi connectivity index (χ3n) is 3.73. The molecule has 5 nitrogen and oxygen atoms in total. The maximum Gasteiger partial charge on any atom is 0.247 e. The van der Waals surface area contributed by atoms with E-state index >= 15 is 0 Å². The predicted octanol–water partition coefficient (Wildman–Crippen LogP) is 1.19. The SMILES string of the molecule is CC(O)c1cccnc1N1CCN(C)C(=O)C1(C)C. The highest BCUT2D eigenvalue weighted by Crippen LogP contribution is 2.31. The van der Waals surface area contributed by atoms with Crippen molar-refractivity contribution in [2.24, 2.45) is 0 Å². The number of likely N-dealkylation sites (N-methyl/N-ethyl adjacent to an activating group) is 1. The van der Waals surface area contributed by atoms with E-state index in [2.05, 4.69) is 4.98 Å². The molecule has 5 heteroatoms. The lowest BCUT2D eigenvalue weighted by atomic mass is 9.96. The number of amides is 1. The minimum Gasteiger partial charge on any atom is -0.389 e. The Morgan fingerprint density at radius 1 is 1.42 bits per heavy atom. The van der Waals surface area contributed by atoms with Gasteiger partial charge in [0, 0.05) is 31.9 Å². The molecule has 0 aliphatic carbocycles. The van der Waals surface area contributed by atoms with Crippen LogP contribution in [0.15, 0.2) is 18.3 Å². The predicted molar refractivity (Wildman–Crippen MR) is 73.9 cm³/mol. The number of anilines is 1. The molecule has 1 fully saturated rings. The second-order valence-electron chi connectivity index (χ2n) is 5.53. The Morgan fingerprint density at radius 3 is 2.74 bits per heavy atom. The molecule has 19 heavy (non-hydrogen) atoms. The lowest BCUT2D eigenvalue weighted by Crippen LogP contribution is -2.62. The fourth-order valence-corrected chi connectivity index (χ4v) is 2.55. The average molecular weight is 263 g/mol. The fourth-order valence-electron chi connectivity index (χ4n) is 2.55. The second kappa shape index (κ2) is 4.81. The summed E-state index contributed by atoms with van der Waals surface area (Å²) < 4.78 is 0. The zero-order valence-electron chi connectivity index (χ0n) is 11.9. The lowest BCUT2D eigenvalue weighted by Gasteiger charge is -2.46. The molecule has 1 unspecified atom stereocenters. The summed E-state index contributed by atoms with van der Waals surface area (Å²) in [4.78, 5) is 20.4. The van der Waals surface area contributed by atoms with Crippen molar-refractivity contribution in [3.63, 3.8) is 0 Å². The van der Waals surface area contributed by atoms with Crippen molar-refractivity contribution in [1.82, 2.24) is 9.88 Å². The van der Waals surface area contributed by atoms with Crippen LogP contribution >= 0.6 is 0 Å². The van der Waals surface area contributed by atoms with E-state index in [-0.39, 0.29) is 5.91 Å². The van der Waals surface area contributed by atoms with Gasteiger partial charge in [-0.1, -0.05) is 6.07 Å². The van der Waals surface area contributed by atoms with Crippen LogP contribution in [-0.2, 0) is 4.79 Å². The number of aliphatic hydroxyl groups is 1. The van der Waals surface area contributed by atoms with Crippen LogP contribution in [0.2, 0.25) is 0 Å². The van der Waals surface area contributed by atoms with Crippen LogP contribution < -0.4 is 4.90 Å². The normalized spacial score (nSPS) is 20.6. The molecule has 1 aliphatic heterocycles. The van der Waals surface area contributed by atoms with Crippen LogP contribution in [0.3, 0.4) is 0 Å². The molecule has 0 radical (unpaired) electrons. The van der Waals surface area contributed by atoms with Crippen molar-refractivity contribution < 1.29 is 9.90 Å². The topological polar surface area (TPSA) is 56.7 Å². The Morgan fingerprint density at radius 2 is 2.11 bits per heavy atom. The van der Waals surface area contributed by atoms with Gasteiger partial charge in [-0.15, -0.1) is 0 Å². The number of rotatable bonds is 2. The number of aromatic nitrogens is 1. The number of piperazine rings is 1. The zero-order valence-corrected chi connectivity index (χ0v) is 11.9. The van der Waals surface area contributed by atoms with E-state index in [0.717, 1.165) is 5.56 Å². The molecule has 1 amide bonds. The molecule has 1 aromatic rings. The van der Waals surface area contributed by atoms with Crippen molar-refractivity contribution in [2.75, 3.05) is 25.0 Å². The van der Waals surface area contributed by atoms with Crippen molar-refractivity contribution in [1.29, 1.82) is 0 Å². The largest absolute Gasteiger partial charge is 0.389 e. The van der Waals surface area contributed by atoms with Gasteiger partial charge >= 0.3 is 0 Å².